The Bertz CT molecular complexity index is 505. The molecule has 2 rings (SSSR count). The van der Waals surface area contributed by atoms with Gasteiger partial charge >= 0.3 is 0 Å². The molecule has 3 nitrogen and oxygen atoms in total. The second kappa shape index (κ2) is 4.39. The molecular formula is C12H13BrN2O. The van der Waals surface area contributed by atoms with Crippen molar-refractivity contribution in [2.45, 2.75) is 20.0 Å². The number of benzene rings is 1. The monoisotopic (exact) mass is 280 g/mol. The van der Waals surface area contributed by atoms with Crippen LogP contribution in [0, 0.1) is 6.92 Å². The van der Waals surface area contributed by atoms with Crippen LogP contribution >= 0.6 is 15.9 Å². The van der Waals surface area contributed by atoms with Crippen LogP contribution in [0.15, 0.2) is 35.1 Å². The maximum atomic E-state index is 9.74. The first-order valence-corrected chi connectivity index (χ1v) is 5.86. The third-order valence-electron chi connectivity index (χ3n) is 2.53. The van der Waals surface area contributed by atoms with Crippen LogP contribution in [0.3, 0.4) is 0 Å². The summed E-state index contributed by atoms with van der Waals surface area (Å²) < 4.78 is 2.95. The number of aliphatic hydroxyl groups is 1. The van der Waals surface area contributed by atoms with Gasteiger partial charge < -0.3 is 9.67 Å². The van der Waals surface area contributed by atoms with Gasteiger partial charge in [0, 0.05) is 22.4 Å². The predicted octanol–water partition coefficient (Wildman–Crippen LogP) is 3.00. The van der Waals surface area contributed by atoms with Gasteiger partial charge in [-0.3, -0.25) is 0 Å². The minimum absolute atomic E-state index is 0.495. The molecule has 1 unspecified atom stereocenters. The topological polar surface area (TPSA) is 38.0 Å². The summed E-state index contributed by atoms with van der Waals surface area (Å²) >= 11 is 3.44. The van der Waals surface area contributed by atoms with Crippen LogP contribution in [0.5, 0.6) is 0 Å². The highest BCUT2D eigenvalue weighted by Crippen LogP contribution is 2.26. The Hall–Kier alpha value is -1.13. The highest BCUT2D eigenvalue weighted by molar-refractivity contribution is 9.10. The molecule has 0 bridgehead atoms. The first-order valence-electron chi connectivity index (χ1n) is 5.07. The molecule has 1 heterocycles. The quantitative estimate of drug-likeness (QED) is 0.919. The van der Waals surface area contributed by atoms with Crippen LogP contribution < -0.4 is 0 Å². The van der Waals surface area contributed by atoms with Crippen LogP contribution in [0.25, 0.3) is 5.69 Å². The number of aromatic nitrogens is 2. The molecule has 0 aliphatic heterocycles. The fraction of sp³-hybridized carbons (Fsp3) is 0.250. The van der Waals surface area contributed by atoms with E-state index in [0.717, 1.165) is 21.5 Å². The normalized spacial score (nSPS) is 12.8. The van der Waals surface area contributed by atoms with E-state index in [1.165, 1.54) is 0 Å². The van der Waals surface area contributed by atoms with Crippen LogP contribution in [0.2, 0.25) is 0 Å². The minimum atomic E-state index is -0.495. The Balaban J connectivity index is 2.63. The number of nitrogens with zero attached hydrogens (tertiary/aromatic N) is 2. The minimum Gasteiger partial charge on any atom is -0.389 e. The average molecular weight is 281 g/mol. The van der Waals surface area contributed by atoms with Crippen molar-refractivity contribution >= 4 is 15.9 Å². The lowest BCUT2D eigenvalue weighted by molar-refractivity contribution is 0.199. The molecule has 0 aliphatic carbocycles. The number of aliphatic hydroxyl groups excluding tert-OH is 1. The Morgan fingerprint density at radius 1 is 1.44 bits per heavy atom. The van der Waals surface area contributed by atoms with Crippen molar-refractivity contribution < 1.29 is 5.11 Å². The predicted molar refractivity (Wildman–Crippen MR) is 66.6 cm³/mol. The molecule has 0 saturated heterocycles. The molecule has 1 N–H and O–H groups in total. The second-order valence-corrected chi connectivity index (χ2v) is 4.64. The van der Waals surface area contributed by atoms with E-state index in [-0.39, 0.29) is 0 Å². The van der Waals surface area contributed by atoms with E-state index in [0.29, 0.717) is 0 Å². The number of halogens is 1. The molecular weight excluding hydrogens is 268 g/mol. The number of aryl methyl sites for hydroxylation is 1. The standard InChI is InChI=1S/C12H13BrN2O/c1-8(16)11-4-3-10(13)7-12(11)15-6-5-14-9(15)2/h3-8,16H,1-2H3. The van der Waals surface area contributed by atoms with Crippen molar-refractivity contribution in [1.29, 1.82) is 0 Å². The van der Waals surface area contributed by atoms with Gasteiger partial charge in [-0.25, -0.2) is 4.98 Å². The molecule has 1 aromatic carbocycles. The van der Waals surface area contributed by atoms with Crippen molar-refractivity contribution in [3.8, 4) is 5.69 Å². The third-order valence-corrected chi connectivity index (χ3v) is 3.02. The van der Waals surface area contributed by atoms with Crippen molar-refractivity contribution in [2.24, 2.45) is 0 Å². The van der Waals surface area contributed by atoms with Gasteiger partial charge in [0.05, 0.1) is 11.8 Å². The van der Waals surface area contributed by atoms with Gasteiger partial charge in [-0.2, -0.15) is 0 Å². The molecule has 0 saturated carbocycles. The summed E-state index contributed by atoms with van der Waals surface area (Å²) in [6, 6.07) is 5.83. The number of imidazole rings is 1. The molecule has 84 valence electrons. The molecule has 16 heavy (non-hydrogen) atoms. The van der Waals surface area contributed by atoms with E-state index in [2.05, 4.69) is 20.9 Å². The number of hydrogen-bond donors (Lipinski definition) is 1. The Labute approximate surface area is 103 Å². The van der Waals surface area contributed by atoms with Crippen molar-refractivity contribution in [1.82, 2.24) is 9.55 Å². The van der Waals surface area contributed by atoms with Crippen LogP contribution in [-0.2, 0) is 0 Å². The van der Waals surface area contributed by atoms with Gasteiger partial charge in [0.25, 0.3) is 0 Å². The fourth-order valence-corrected chi connectivity index (χ4v) is 2.06. The SMILES string of the molecule is Cc1nccn1-c1cc(Br)ccc1C(C)O. The number of hydrogen-bond acceptors (Lipinski definition) is 2. The summed E-state index contributed by atoms with van der Waals surface area (Å²) in [5, 5.41) is 9.74. The third kappa shape index (κ3) is 2.03. The molecule has 1 atom stereocenters. The van der Waals surface area contributed by atoms with Gasteiger partial charge in [0.15, 0.2) is 0 Å². The molecule has 0 amide bonds. The highest BCUT2D eigenvalue weighted by atomic mass is 79.9. The van der Waals surface area contributed by atoms with E-state index in [9.17, 15) is 5.11 Å². The largest absolute Gasteiger partial charge is 0.389 e. The zero-order valence-corrected chi connectivity index (χ0v) is 10.8. The Morgan fingerprint density at radius 3 is 2.75 bits per heavy atom. The van der Waals surface area contributed by atoms with Crippen molar-refractivity contribution in [3.63, 3.8) is 0 Å². The average Bonchev–Trinajstić information content (AvgIpc) is 2.63. The molecule has 4 heteroatoms. The Kier molecular flexibility index (Phi) is 3.12. The lowest BCUT2D eigenvalue weighted by Crippen LogP contribution is -2.03. The molecule has 0 spiro atoms. The maximum absolute atomic E-state index is 9.74. The second-order valence-electron chi connectivity index (χ2n) is 3.72. The molecule has 0 fully saturated rings. The summed E-state index contributed by atoms with van der Waals surface area (Å²) in [6.45, 7) is 3.70. The van der Waals surface area contributed by atoms with E-state index in [1.807, 2.05) is 35.9 Å². The van der Waals surface area contributed by atoms with E-state index in [1.54, 1.807) is 13.1 Å². The zero-order chi connectivity index (χ0) is 11.7. The van der Waals surface area contributed by atoms with E-state index < -0.39 is 6.10 Å². The number of rotatable bonds is 2. The first-order chi connectivity index (χ1) is 7.59. The lowest BCUT2D eigenvalue weighted by atomic mass is 10.1. The summed E-state index contributed by atoms with van der Waals surface area (Å²) in [5.41, 5.74) is 1.85. The van der Waals surface area contributed by atoms with Gasteiger partial charge in [0.1, 0.15) is 5.82 Å². The first kappa shape index (κ1) is 11.4. The summed E-state index contributed by atoms with van der Waals surface area (Å²) in [5.74, 6) is 0.903. The molecule has 1 aromatic heterocycles. The van der Waals surface area contributed by atoms with Gasteiger partial charge in [-0.1, -0.05) is 22.0 Å². The molecule has 0 aliphatic rings. The van der Waals surface area contributed by atoms with E-state index >= 15 is 0 Å². The maximum Gasteiger partial charge on any atom is 0.110 e. The highest BCUT2D eigenvalue weighted by Gasteiger charge is 2.11. The van der Waals surface area contributed by atoms with Crippen molar-refractivity contribution in [2.75, 3.05) is 0 Å². The van der Waals surface area contributed by atoms with Gasteiger partial charge in [-0.05, 0) is 26.0 Å². The summed E-state index contributed by atoms with van der Waals surface area (Å²) in [6.07, 6.45) is 3.15. The van der Waals surface area contributed by atoms with Crippen LogP contribution in [-0.4, -0.2) is 14.7 Å². The summed E-state index contributed by atoms with van der Waals surface area (Å²) in [4.78, 5) is 4.19. The van der Waals surface area contributed by atoms with Crippen molar-refractivity contribution in [3.05, 3.63) is 46.5 Å². The van der Waals surface area contributed by atoms with Gasteiger partial charge in [0.2, 0.25) is 0 Å². The van der Waals surface area contributed by atoms with Crippen LogP contribution in [0.4, 0.5) is 0 Å². The molecule has 2 aromatic rings. The smallest absolute Gasteiger partial charge is 0.110 e. The summed E-state index contributed by atoms with van der Waals surface area (Å²) in [7, 11) is 0. The molecule has 0 radical (unpaired) electrons. The Morgan fingerprint density at radius 2 is 2.19 bits per heavy atom. The van der Waals surface area contributed by atoms with Crippen LogP contribution in [0.1, 0.15) is 24.4 Å². The zero-order valence-electron chi connectivity index (χ0n) is 9.18. The fourth-order valence-electron chi connectivity index (χ4n) is 1.71. The van der Waals surface area contributed by atoms with Gasteiger partial charge in [-0.15, -0.1) is 0 Å². The lowest BCUT2D eigenvalue weighted by Gasteiger charge is -2.14. The van der Waals surface area contributed by atoms with E-state index in [4.69, 9.17) is 0 Å².